The number of thiazole rings is 1. The zero-order chi connectivity index (χ0) is 23.6. The Morgan fingerprint density at radius 3 is 2.61 bits per heavy atom. The van der Waals surface area contributed by atoms with E-state index in [1.807, 2.05) is 30.3 Å². The van der Waals surface area contributed by atoms with Crippen molar-refractivity contribution in [1.82, 2.24) is 15.2 Å². The number of nitrogens with one attached hydrogen (secondary N) is 1. The summed E-state index contributed by atoms with van der Waals surface area (Å²) in [7, 11) is 0. The van der Waals surface area contributed by atoms with Crippen molar-refractivity contribution >= 4 is 23.2 Å². The summed E-state index contributed by atoms with van der Waals surface area (Å²) in [5.41, 5.74) is 0.911. The molecule has 0 radical (unpaired) electrons. The Bertz CT molecular complexity index is 1160. The highest BCUT2D eigenvalue weighted by Gasteiger charge is 2.32. The molecule has 5 nitrogen and oxygen atoms in total. The fraction of sp³-hybridized carbons (Fsp3) is 0.292. The van der Waals surface area contributed by atoms with Crippen molar-refractivity contribution in [3.05, 3.63) is 76.3 Å². The van der Waals surface area contributed by atoms with Gasteiger partial charge in [0, 0.05) is 25.1 Å². The second-order valence-corrected chi connectivity index (χ2v) is 8.89. The van der Waals surface area contributed by atoms with Crippen molar-refractivity contribution in [2.24, 2.45) is 0 Å². The van der Waals surface area contributed by atoms with Gasteiger partial charge in [-0.05, 0) is 31.0 Å². The minimum Gasteiger partial charge on any atom is -0.343 e. The largest absolute Gasteiger partial charge is 0.416 e. The van der Waals surface area contributed by atoms with Crippen molar-refractivity contribution in [3.63, 3.8) is 0 Å². The van der Waals surface area contributed by atoms with Gasteiger partial charge < -0.3 is 10.2 Å². The third-order valence-electron chi connectivity index (χ3n) is 5.52. The van der Waals surface area contributed by atoms with Crippen LogP contribution < -0.4 is 5.32 Å². The number of alkyl halides is 3. The minimum atomic E-state index is -4.51. The average molecular weight is 474 g/mol. The standard InChI is InChI=1S/C24H22F3N3O2S/c1-15-21(33-23(28-15)16-7-3-2-4-8-16)22(32)29-19(14-30-12-6-11-20(30)31)17-9-5-10-18(13-17)24(25,26)27/h2-5,7-10,13,19H,6,11-12,14H2,1H3,(H,29,32). The van der Waals surface area contributed by atoms with Gasteiger partial charge in [-0.1, -0.05) is 42.5 Å². The van der Waals surface area contributed by atoms with Gasteiger partial charge in [-0.3, -0.25) is 9.59 Å². The molecule has 0 bridgehead atoms. The molecule has 0 aliphatic carbocycles. The summed E-state index contributed by atoms with van der Waals surface area (Å²) in [6.45, 7) is 2.35. The number of halogens is 3. The highest BCUT2D eigenvalue weighted by molar-refractivity contribution is 7.17. The molecule has 1 aliphatic rings. The molecule has 4 rings (SSSR count). The number of hydrogen-bond donors (Lipinski definition) is 1. The molecule has 1 N–H and O–H groups in total. The molecule has 1 saturated heterocycles. The van der Waals surface area contributed by atoms with Crippen molar-refractivity contribution in [2.75, 3.05) is 13.1 Å². The molecular formula is C24H22F3N3O2S. The van der Waals surface area contributed by atoms with Crippen molar-refractivity contribution in [2.45, 2.75) is 32.0 Å². The van der Waals surface area contributed by atoms with E-state index in [4.69, 9.17) is 0 Å². The molecule has 1 fully saturated rings. The zero-order valence-corrected chi connectivity index (χ0v) is 18.7. The van der Waals surface area contributed by atoms with Crippen LogP contribution in [0.1, 0.15) is 45.4 Å². The van der Waals surface area contributed by atoms with Crippen LogP contribution >= 0.6 is 11.3 Å². The molecule has 1 atom stereocenters. The average Bonchev–Trinajstić information content (AvgIpc) is 3.38. The Morgan fingerprint density at radius 1 is 1.18 bits per heavy atom. The summed E-state index contributed by atoms with van der Waals surface area (Å²) >= 11 is 1.22. The first kappa shape index (κ1) is 23.0. The van der Waals surface area contributed by atoms with Gasteiger partial charge in [0.2, 0.25) is 5.91 Å². The lowest BCUT2D eigenvalue weighted by Crippen LogP contribution is -2.38. The van der Waals surface area contributed by atoms with Gasteiger partial charge in [0.25, 0.3) is 5.91 Å². The molecule has 2 amide bonds. The van der Waals surface area contributed by atoms with Gasteiger partial charge in [-0.25, -0.2) is 4.98 Å². The summed E-state index contributed by atoms with van der Waals surface area (Å²) in [5.74, 6) is -0.497. The SMILES string of the molecule is Cc1nc(-c2ccccc2)sc1C(=O)NC(CN1CCCC1=O)c1cccc(C(F)(F)F)c1. The number of rotatable bonds is 6. The van der Waals surface area contributed by atoms with Gasteiger partial charge in [0.15, 0.2) is 0 Å². The quantitative estimate of drug-likeness (QED) is 0.533. The van der Waals surface area contributed by atoms with Crippen LogP contribution in [-0.4, -0.2) is 34.8 Å². The van der Waals surface area contributed by atoms with E-state index in [1.165, 1.54) is 23.5 Å². The lowest BCUT2D eigenvalue weighted by molar-refractivity contribution is -0.137. The maximum absolute atomic E-state index is 13.3. The Labute approximate surface area is 193 Å². The minimum absolute atomic E-state index is 0.0680. The Balaban J connectivity index is 1.62. The number of carbonyl (C=O) groups is 2. The van der Waals surface area contributed by atoms with E-state index in [0.29, 0.717) is 40.5 Å². The molecule has 1 aliphatic heterocycles. The summed E-state index contributed by atoms with van der Waals surface area (Å²) in [6.07, 6.45) is -3.42. The zero-order valence-electron chi connectivity index (χ0n) is 17.9. The fourth-order valence-electron chi connectivity index (χ4n) is 3.82. The smallest absolute Gasteiger partial charge is 0.343 e. The van der Waals surface area contributed by atoms with Gasteiger partial charge >= 0.3 is 6.18 Å². The van der Waals surface area contributed by atoms with Crippen LogP contribution in [0.5, 0.6) is 0 Å². The Kier molecular flexibility index (Phi) is 6.51. The first-order valence-electron chi connectivity index (χ1n) is 10.5. The highest BCUT2D eigenvalue weighted by atomic mass is 32.1. The topological polar surface area (TPSA) is 62.3 Å². The fourth-order valence-corrected chi connectivity index (χ4v) is 4.79. The molecule has 0 saturated carbocycles. The number of amides is 2. The maximum Gasteiger partial charge on any atom is 0.416 e. The van der Waals surface area contributed by atoms with Crippen LogP contribution in [0.2, 0.25) is 0 Å². The first-order valence-corrected chi connectivity index (χ1v) is 11.3. The van der Waals surface area contributed by atoms with Gasteiger partial charge in [-0.2, -0.15) is 13.2 Å². The monoisotopic (exact) mass is 473 g/mol. The van der Waals surface area contributed by atoms with Crippen molar-refractivity contribution in [1.29, 1.82) is 0 Å². The van der Waals surface area contributed by atoms with Gasteiger partial charge in [0.1, 0.15) is 9.88 Å². The Hall–Kier alpha value is -3.20. The van der Waals surface area contributed by atoms with Crippen LogP contribution in [-0.2, 0) is 11.0 Å². The third-order valence-corrected chi connectivity index (χ3v) is 6.72. The van der Waals surface area contributed by atoms with E-state index in [2.05, 4.69) is 10.3 Å². The number of likely N-dealkylation sites (tertiary alicyclic amines) is 1. The number of benzene rings is 2. The normalized spacial score (nSPS) is 15.0. The second kappa shape index (κ2) is 9.35. The predicted molar refractivity (Wildman–Crippen MR) is 120 cm³/mol. The Morgan fingerprint density at radius 2 is 1.94 bits per heavy atom. The van der Waals surface area contributed by atoms with Crippen LogP contribution in [0.4, 0.5) is 13.2 Å². The molecule has 2 heterocycles. The molecule has 9 heteroatoms. The van der Waals surface area contributed by atoms with E-state index < -0.39 is 23.7 Å². The number of carbonyl (C=O) groups excluding carboxylic acids is 2. The molecule has 3 aromatic rings. The molecule has 1 unspecified atom stereocenters. The molecule has 1 aromatic heterocycles. The van der Waals surface area contributed by atoms with E-state index in [9.17, 15) is 22.8 Å². The van der Waals surface area contributed by atoms with E-state index >= 15 is 0 Å². The van der Waals surface area contributed by atoms with Crippen LogP contribution in [0.3, 0.4) is 0 Å². The van der Waals surface area contributed by atoms with Gasteiger partial charge in [0.05, 0.1) is 17.3 Å². The molecular weight excluding hydrogens is 451 g/mol. The van der Waals surface area contributed by atoms with E-state index in [-0.39, 0.29) is 12.5 Å². The highest BCUT2D eigenvalue weighted by Crippen LogP contribution is 2.32. The van der Waals surface area contributed by atoms with Crippen molar-refractivity contribution < 1.29 is 22.8 Å². The lowest BCUT2D eigenvalue weighted by Gasteiger charge is -2.25. The lowest BCUT2D eigenvalue weighted by atomic mass is 10.0. The third kappa shape index (κ3) is 5.24. The summed E-state index contributed by atoms with van der Waals surface area (Å²) in [4.78, 5) is 31.8. The molecule has 33 heavy (non-hydrogen) atoms. The van der Waals surface area contributed by atoms with Crippen LogP contribution in [0, 0.1) is 6.92 Å². The van der Waals surface area contributed by atoms with Crippen LogP contribution in [0.15, 0.2) is 54.6 Å². The maximum atomic E-state index is 13.3. The summed E-state index contributed by atoms with van der Waals surface area (Å²) < 4.78 is 39.9. The number of aromatic nitrogens is 1. The number of nitrogens with zero attached hydrogens (tertiary/aromatic N) is 2. The van der Waals surface area contributed by atoms with E-state index in [0.717, 1.165) is 17.7 Å². The van der Waals surface area contributed by atoms with Crippen molar-refractivity contribution in [3.8, 4) is 10.6 Å². The molecule has 2 aromatic carbocycles. The predicted octanol–water partition coefficient (Wildman–Crippen LogP) is 5.23. The number of hydrogen-bond acceptors (Lipinski definition) is 4. The summed E-state index contributed by atoms with van der Waals surface area (Å²) in [6, 6.07) is 13.5. The van der Waals surface area contributed by atoms with Gasteiger partial charge in [-0.15, -0.1) is 11.3 Å². The second-order valence-electron chi connectivity index (χ2n) is 7.89. The van der Waals surface area contributed by atoms with Crippen LogP contribution in [0.25, 0.3) is 10.6 Å². The molecule has 0 spiro atoms. The first-order chi connectivity index (χ1) is 15.7. The number of aryl methyl sites for hydroxylation is 1. The molecule has 172 valence electrons. The van der Waals surface area contributed by atoms with E-state index in [1.54, 1.807) is 11.8 Å². The summed E-state index contributed by atoms with van der Waals surface area (Å²) in [5, 5.41) is 3.54.